The van der Waals surface area contributed by atoms with Crippen LogP contribution in [-0.4, -0.2) is 37.5 Å². The van der Waals surface area contributed by atoms with Gasteiger partial charge in [0.25, 0.3) is 5.91 Å². The van der Waals surface area contributed by atoms with E-state index in [0.29, 0.717) is 5.56 Å². The Kier molecular flexibility index (Phi) is 6.17. The van der Waals surface area contributed by atoms with Crippen molar-refractivity contribution >= 4 is 33.7 Å². The summed E-state index contributed by atoms with van der Waals surface area (Å²) in [6.45, 7) is 1.28. The molecule has 2 N–H and O–H groups in total. The Hall–Kier alpha value is -1.89. The second kappa shape index (κ2) is 7.64. The summed E-state index contributed by atoms with van der Waals surface area (Å²) in [7, 11) is 1.24. The van der Waals surface area contributed by atoms with Gasteiger partial charge in [0, 0.05) is 10.0 Å². The Morgan fingerprint density at radius 3 is 2.65 bits per heavy atom. The lowest BCUT2D eigenvalue weighted by molar-refractivity contribution is -0.144. The molecule has 0 radical (unpaired) electrons. The van der Waals surface area contributed by atoms with Crippen LogP contribution in [0.25, 0.3) is 0 Å². The second-order valence-corrected chi connectivity index (χ2v) is 4.92. The average Bonchev–Trinajstić information content (AvgIpc) is 2.43. The fourth-order valence-electron chi connectivity index (χ4n) is 1.42. The summed E-state index contributed by atoms with van der Waals surface area (Å²) in [6.07, 6.45) is 0. The lowest BCUT2D eigenvalue weighted by Crippen LogP contribution is -2.44. The van der Waals surface area contributed by atoms with E-state index in [1.807, 2.05) is 0 Å². The van der Waals surface area contributed by atoms with Gasteiger partial charge in [-0.2, -0.15) is 0 Å². The lowest BCUT2D eigenvalue weighted by Gasteiger charge is -2.12. The van der Waals surface area contributed by atoms with E-state index in [0.717, 1.165) is 4.47 Å². The van der Waals surface area contributed by atoms with Crippen LogP contribution in [0.15, 0.2) is 28.7 Å². The molecular weight excluding hydrogens is 328 g/mol. The molecule has 0 bridgehead atoms. The number of carbonyl (C=O) groups is 3. The van der Waals surface area contributed by atoms with Gasteiger partial charge >= 0.3 is 5.97 Å². The molecule has 108 valence electrons. The van der Waals surface area contributed by atoms with Crippen LogP contribution in [-0.2, 0) is 14.3 Å². The number of esters is 1. The highest BCUT2D eigenvalue weighted by molar-refractivity contribution is 9.10. The molecule has 1 rings (SSSR count). The minimum absolute atomic E-state index is 0.216. The highest BCUT2D eigenvalue weighted by atomic mass is 79.9. The Morgan fingerprint density at radius 1 is 1.35 bits per heavy atom. The Balaban J connectivity index is 2.45. The highest BCUT2D eigenvalue weighted by Gasteiger charge is 2.16. The molecule has 7 heteroatoms. The molecule has 0 aromatic heterocycles. The first kappa shape index (κ1) is 16.2. The van der Waals surface area contributed by atoms with E-state index in [1.54, 1.807) is 24.3 Å². The van der Waals surface area contributed by atoms with Gasteiger partial charge in [0.05, 0.1) is 13.7 Å². The van der Waals surface area contributed by atoms with Crippen molar-refractivity contribution < 1.29 is 19.1 Å². The summed E-state index contributed by atoms with van der Waals surface area (Å²) in [5, 5.41) is 4.88. The van der Waals surface area contributed by atoms with Gasteiger partial charge in [0.1, 0.15) is 6.04 Å². The Bertz CT molecular complexity index is 519. The van der Waals surface area contributed by atoms with Crippen molar-refractivity contribution in [3.8, 4) is 0 Å². The number of ether oxygens (including phenoxy) is 1. The van der Waals surface area contributed by atoms with Crippen LogP contribution in [0.5, 0.6) is 0 Å². The van der Waals surface area contributed by atoms with Crippen LogP contribution in [0.1, 0.15) is 17.3 Å². The first-order chi connectivity index (χ1) is 9.43. The van der Waals surface area contributed by atoms with Gasteiger partial charge in [-0.3, -0.25) is 9.59 Å². The third-order valence-corrected chi connectivity index (χ3v) is 2.92. The van der Waals surface area contributed by atoms with Crippen molar-refractivity contribution in [2.24, 2.45) is 0 Å². The lowest BCUT2D eigenvalue weighted by atomic mass is 10.2. The van der Waals surface area contributed by atoms with E-state index in [2.05, 4.69) is 31.3 Å². The van der Waals surface area contributed by atoms with Crippen molar-refractivity contribution in [1.29, 1.82) is 0 Å². The highest BCUT2D eigenvalue weighted by Crippen LogP contribution is 2.11. The van der Waals surface area contributed by atoms with E-state index in [9.17, 15) is 14.4 Å². The third kappa shape index (κ3) is 5.00. The molecule has 1 unspecified atom stereocenters. The van der Waals surface area contributed by atoms with Crippen LogP contribution in [0.3, 0.4) is 0 Å². The van der Waals surface area contributed by atoms with E-state index in [-0.39, 0.29) is 12.5 Å². The number of hydrogen-bond acceptors (Lipinski definition) is 4. The van der Waals surface area contributed by atoms with Gasteiger partial charge in [-0.25, -0.2) is 4.79 Å². The van der Waals surface area contributed by atoms with E-state index < -0.39 is 17.9 Å². The molecule has 6 nitrogen and oxygen atoms in total. The fourth-order valence-corrected chi connectivity index (χ4v) is 1.82. The molecule has 0 aliphatic heterocycles. The Labute approximate surface area is 125 Å². The van der Waals surface area contributed by atoms with Crippen LogP contribution >= 0.6 is 15.9 Å². The zero-order valence-corrected chi connectivity index (χ0v) is 12.7. The number of nitrogens with one attached hydrogen (secondary N) is 2. The van der Waals surface area contributed by atoms with E-state index in [4.69, 9.17) is 0 Å². The predicted molar refractivity (Wildman–Crippen MR) is 76.1 cm³/mol. The smallest absolute Gasteiger partial charge is 0.328 e. The average molecular weight is 343 g/mol. The molecule has 0 fully saturated rings. The van der Waals surface area contributed by atoms with Gasteiger partial charge in [0.15, 0.2) is 0 Å². The molecule has 0 saturated heterocycles. The van der Waals surface area contributed by atoms with Crippen LogP contribution < -0.4 is 10.6 Å². The Morgan fingerprint density at radius 2 is 2.05 bits per heavy atom. The number of halogens is 1. The number of hydrogen-bond donors (Lipinski definition) is 2. The van der Waals surface area contributed by atoms with Gasteiger partial charge < -0.3 is 15.4 Å². The summed E-state index contributed by atoms with van der Waals surface area (Å²) >= 11 is 3.26. The minimum Gasteiger partial charge on any atom is -0.467 e. The molecule has 2 amide bonds. The number of benzene rings is 1. The number of rotatable bonds is 5. The summed E-state index contributed by atoms with van der Waals surface area (Å²) < 4.78 is 5.25. The van der Waals surface area contributed by atoms with E-state index in [1.165, 1.54) is 14.0 Å². The molecule has 20 heavy (non-hydrogen) atoms. The van der Waals surface area contributed by atoms with Crippen molar-refractivity contribution in [2.75, 3.05) is 13.7 Å². The zero-order valence-electron chi connectivity index (χ0n) is 11.1. The summed E-state index contributed by atoms with van der Waals surface area (Å²) in [4.78, 5) is 34.4. The molecule has 0 heterocycles. The van der Waals surface area contributed by atoms with Crippen molar-refractivity contribution in [3.05, 3.63) is 34.3 Å². The molecule has 0 aliphatic carbocycles. The van der Waals surface area contributed by atoms with Crippen molar-refractivity contribution in [2.45, 2.75) is 13.0 Å². The molecule has 1 aromatic rings. The topological polar surface area (TPSA) is 84.5 Å². The molecule has 0 aliphatic rings. The number of methoxy groups -OCH3 is 1. The van der Waals surface area contributed by atoms with Crippen molar-refractivity contribution in [3.63, 3.8) is 0 Å². The minimum atomic E-state index is -0.754. The molecule has 0 spiro atoms. The van der Waals surface area contributed by atoms with Gasteiger partial charge in [-0.15, -0.1) is 0 Å². The van der Waals surface area contributed by atoms with Crippen molar-refractivity contribution in [1.82, 2.24) is 10.6 Å². The summed E-state index contributed by atoms with van der Waals surface area (Å²) in [6, 6.07) is 6.04. The first-order valence-electron chi connectivity index (χ1n) is 5.85. The monoisotopic (exact) mass is 342 g/mol. The summed E-state index contributed by atoms with van der Waals surface area (Å²) in [5.41, 5.74) is 0.438. The SMILES string of the molecule is COC(=O)C(C)NC(=O)CNC(=O)c1cccc(Br)c1. The van der Waals surface area contributed by atoms with Crippen LogP contribution in [0.2, 0.25) is 0 Å². The van der Waals surface area contributed by atoms with Gasteiger partial charge in [-0.05, 0) is 25.1 Å². The van der Waals surface area contributed by atoms with Gasteiger partial charge in [0.2, 0.25) is 5.91 Å². The maximum atomic E-state index is 11.8. The predicted octanol–water partition coefficient (Wildman–Crippen LogP) is 0.857. The fraction of sp³-hybridized carbons (Fsp3) is 0.308. The maximum absolute atomic E-state index is 11.8. The normalized spacial score (nSPS) is 11.3. The third-order valence-electron chi connectivity index (χ3n) is 2.43. The molecule has 0 saturated carbocycles. The van der Waals surface area contributed by atoms with E-state index >= 15 is 0 Å². The van der Waals surface area contributed by atoms with Gasteiger partial charge in [-0.1, -0.05) is 22.0 Å². The van der Waals surface area contributed by atoms with Crippen LogP contribution in [0.4, 0.5) is 0 Å². The summed E-state index contributed by atoms with van der Waals surface area (Å²) in [5.74, 6) is -1.38. The maximum Gasteiger partial charge on any atom is 0.328 e. The molecule has 1 aromatic carbocycles. The molecule has 1 atom stereocenters. The number of amides is 2. The first-order valence-corrected chi connectivity index (χ1v) is 6.64. The second-order valence-electron chi connectivity index (χ2n) is 4.01. The number of carbonyl (C=O) groups excluding carboxylic acids is 3. The standard InChI is InChI=1S/C13H15BrN2O4/c1-8(13(19)20-2)16-11(17)7-15-12(18)9-4-3-5-10(14)6-9/h3-6,8H,7H2,1-2H3,(H,15,18)(H,16,17). The molecular formula is C13H15BrN2O4. The quantitative estimate of drug-likeness (QED) is 0.777. The zero-order chi connectivity index (χ0) is 15.1. The van der Waals surface area contributed by atoms with Crippen LogP contribution in [0, 0.1) is 0 Å². The largest absolute Gasteiger partial charge is 0.467 e.